The van der Waals surface area contributed by atoms with E-state index in [4.69, 9.17) is 4.74 Å². The minimum atomic E-state index is -0.217. The molecule has 0 atom stereocenters. The molecule has 2 aromatic carbocycles. The van der Waals surface area contributed by atoms with Crippen molar-refractivity contribution in [1.82, 2.24) is 10.3 Å². The van der Waals surface area contributed by atoms with Crippen LogP contribution >= 0.6 is 11.3 Å². The molecule has 0 saturated heterocycles. The lowest BCUT2D eigenvalue weighted by molar-refractivity contribution is 0.0927. The van der Waals surface area contributed by atoms with Gasteiger partial charge in [-0.3, -0.25) is 9.59 Å². The van der Waals surface area contributed by atoms with Crippen molar-refractivity contribution in [3.05, 3.63) is 76.2 Å². The highest BCUT2D eigenvalue weighted by atomic mass is 32.1. The third-order valence-electron chi connectivity index (χ3n) is 5.33. The molecule has 160 valence electrons. The zero-order valence-corrected chi connectivity index (χ0v) is 18.0. The van der Waals surface area contributed by atoms with Crippen LogP contribution in [-0.2, 0) is 6.61 Å². The summed E-state index contributed by atoms with van der Waals surface area (Å²) < 4.78 is 5.67. The normalized spacial score (nSPS) is 14.1. The summed E-state index contributed by atoms with van der Waals surface area (Å²) in [5, 5.41) is 7.90. The Morgan fingerprint density at radius 1 is 0.935 bits per heavy atom. The molecule has 6 nitrogen and oxygen atoms in total. The van der Waals surface area contributed by atoms with Crippen molar-refractivity contribution in [3.63, 3.8) is 0 Å². The topological polar surface area (TPSA) is 80.3 Å². The van der Waals surface area contributed by atoms with Crippen molar-refractivity contribution in [2.45, 2.75) is 44.8 Å². The first-order chi connectivity index (χ1) is 15.2. The number of benzene rings is 2. The molecule has 0 bridgehead atoms. The van der Waals surface area contributed by atoms with E-state index in [0.29, 0.717) is 29.2 Å². The number of hydrogen-bond donors (Lipinski definition) is 2. The van der Waals surface area contributed by atoms with Crippen molar-refractivity contribution in [1.29, 1.82) is 0 Å². The van der Waals surface area contributed by atoms with Gasteiger partial charge in [0.15, 0.2) is 0 Å². The Labute approximate surface area is 185 Å². The molecule has 1 saturated carbocycles. The number of aromatic nitrogens is 1. The minimum Gasteiger partial charge on any atom is -0.487 e. The number of nitrogens with zero attached hydrogens (tertiary/aromatic N) is 1. The number of hydrogen-bond acceptors (Lipinski definition) is 5. The Bertz CT molecular complexity index is 996. The van der Waals surface area contributed by atoms with Crippen LogP contribution < -0.4 is 15.4 Å². The maximum atomic E-state index is 12.5. The molecule has 1 heterocycles. The third-order valence-corrected chi connectivity index (χ3v) is 5.97. The Kier molecular flexibility index (Phi) is 6.94. The minimum absolute atomic E-state index is 0.0574. The van der Waals surface area contributed by atoms with Gasteiger partial charge in [0.2, 0.25) is 0 Å². The Balaban J connectivity index is 1.29. The lowest BCUT2D eigenvalue weighted by Gasteiger charge is -2.22. The average Bonchev–Trinajstić information content (AvgIpc) is 3.33. The number of nitrogens with one attached hydrogen (secondary N) is 2. The molecule has 1 aliphatic carbocycles. The fourth-order valence-corrected chi connectivity index (χ4v) is 4.14. The number of carbonyl (C=O) groups excluding carboxylic acids is 2. The second kappa shape index (κ2) is 10.2. The van der Waals surface area contributed by atoms with Gasteiger partial charge in [0.25, 0.3) is 11.8 Å². The van der Waals surface area contributed by atoms with Crippen LogP contribution in [0.15, 0.2) is 59.4 Å². The van der Waals surface area contributed by atoms with Gasteiger partial charge in [0, 0.05) is 28.2 Å². The van der Waals surface area contributed by atoms with Gasteiger partial charge >= 0.3 is 0 Å². The van der Waals surface area contributed by atoms with Gasteiger partial charge in [-0.25, -0.2) is 4.98 Å². The van der Waals surface area contributed by atoms with Crippen molar-refractivity contribution in [2.75, 3.05) is 5.32 Å². The molecule has 0 radical (unpaired) electrons. The highest BCUT2D eigenvalue weighted by Gasteiger charge is 2.16. The van der Waals surface area contributed by atoms with E-state index in [1.54, 1.807) is 54.0 Å². The Morgan fingerprint density at radius 2 is 1.61 bits per heavy atom. The van der Waals surface area contributed by atoms with E-state index in [1.165, 1.54) is 30.6 Å². The number of thiazole rings is 1. The van der Waals surface area contributed by atoms with Crippen molar-refractivity contribution < 1.29 is 14.3 Å². The van der Waals surface area contributed by atoms with Gasteiger partial charge in [0.1, 0.15) is 12.4 Å². The van der Waals surface area contributed by atoms with E-state index in [9.17, 15) is 9.59 Å². The molecular formula is C24H25N3O3S. The molecule has 1 fully saturated rings. The van der Waals surface area contributed by atoms with Gasteiger partial charge in [-0.2, -0.15) is 0 Å². The molecule has 2 N–H and O–H groups in total. The predicted molar refractivity (Wildman–Crippen MR) is 122 cm³/mol. The third kappa shape index (κ3) is 5.92. The maximum absolute atomic E-state index is 12.5. The van der Waals surface area contributed by atoms with Crippen LogP contribution in [0, 0.1) is 0 Å². The van der Waals surface area contributed by atoms with Crippen molar-refractivity contribution in [3.8, 4) is 5.75 Å². The van der Waals surface area contributed by atoms with Gasteiger partial charge in [-0.15, -0.1) is 11.3 Å². The van der Waals surface area contributed by atoms with Gasteiger partial charge in [-0.1, -0.05) is 19.3 Å². The van der Waals surface area contributed by atoms with Gasteiger partial charge in [0.05, 0.1) is 11.2 Å². The maximum Gasteiger partial charge on any atom is 0.255 e. The van der Waals surface area contributed by atoms with Crippen LogP contribution in [0.3, 0.4) is 0 Å². The van der Waals surface area contributed by atoms with Crippen LogP contribution in [0.2, 0.25) is 0 Å². The summed E-state index contributed by atoms with van der Waals surface area (Å²) in [6.07, 6.45) is 5.70. The fourth-order valence-electron chi connectivity index (χ4n) is 3.59. The summed E-state index contributed by atoms with van der Waals surface area (Å²) in [7, 11) is 0. The summed E-state index contributed by atoms with van der Waals surface area (Å²) >= 11 is 1.53. The highest BCUT2D eigenvalue weighted by molar-refractivity contribution is 7.07. The quantitative estimate of drug-likeness (QED) is 0.545. The first-order valence-corrected chi connectivity index (χ1v) is 11.4. The summed E-state index contributed by atoms with van der Waals surface area (Å²) in [4.78, 5) is 29.1. The van der Waals surface area contributed by atoms with Crippen LogP contribution in [0.1, 0.15) is 58.5 Å². The second-order valence-corrected chi connectivity index (χ2v) is 8.35. The van der Waals surface area contributed by atoms with Gasteiger partial charge < -0.3 is 15.4 Å². The molecule has 0 aliphatic heterocycles. The van der Waals surface area contributed by atoms with E-state index >= 15 is 0 Å². The molecule has 1 aliphatic rings. The summed E-state index contributed by atoms with van der Waals surface area (Å²) in [5.74, 6) is 0.404. The molecular weight excluding hydrogens is 410 g/mol. The lowest BCUT2D eigenvalue weighted by Crippen LogP contribution is -2.36. The first-order valence-electron chi connectivity index (χ1n) is 10.5. The Morgan fingerprint density at radius 3 is 2.29 bits per heavy atom. The number of anilines is 1. The smallest absolute Gasteiger partial charge is 0.255 e. The monoisotopic (exact) mass is 435 g/mol. The van der Waals surface area contributed by atoms with Crippen LogP contribution in [0.4, 0.5) is 5.69 Å². The molecule has 3 aromatic rings. The predicted octanol–water partition coefficient (Wildman–Crippen LogP) is 5.04. The summed E-state index contributed by atoms with van der Waals surface area (Å²) in [6.45, 7) is 0.399. The molecule has 7 heteroatoms. The van der Waals surface area contributed by atoms with Crippen LogP contribution in [0.5, 0.6) is 5.75 Å². The molecule has 0 spiro atoms. The first kappa shape index (κ1) is 21.1. The standard InChI is InChI=1S/C24H25N3O3S/c28-23(26-19-4-2-1-3-5-19)17-6-10-20(11-7-17)27-24(29)18-8-12-22(13-9-18)30-14-21-15-31-16-25-21/h6-13,15-16,19H,1-5,14H2,(H,26,28)(H,27,29). The zero-order valence-electron chi connectivity index (χ0n) is 17.2. The SMILES string of the molecule is O=C(Nc1ccc(C(=O)NC2CCCCC2)cc1)c1ccc(OCc2cscn2)cc1. The summed E-state index contributed by atoms with van der Waals surface area (Å²) in [5.41, 5.74) is 4.41. The number of rotatable bonds is 7. The van der Waals surface area contributed by atoms with Crippen LogP contribution in [-0.4, -0.2) is 22.8 Å². The molecule has 1 aromatic heterocycles. The number of amides is 2. The van der Waals surface area contributed by atoms with E-state index < -0.39 is 0 Å². The molecule has 31 heavy (non-hydrogen) atoms. The van der Waals surface area contributed by atoms with E-state index in [2.05, 4.69) is 15.6 Å². The molecule has 0 unspecified atom stereocenters. The van der Waals surface area contributed by atoms with Crippen molar-refractivity contribution in [2.24, 2.45) is 0 Å². The average molecular weight is 436 g/mol. The Hall–Kier alpha value is -3.19. The zero-order chi connectivity index (χ0) is 21.5. The second-order valence-electron chi connectivity index (χ2n) is 7.63. The molecule has 4 rings (SSSR count). The van der Waals surface area contributed by atoms with E-state index in [-0.39, 0.29) is 17.9 Å². The number of carbonyl (C=O) groups is 2. The number of ether oxygens (including phenoxy) is 1. The van der Waals surface area contributed by atoms with E-state index in [1.807, 2.05) is 5.38 Å². The lowest BCUT2D eigenvalue weighted by atomic mass is 9.95. The summed E-state index contributed by atoms with van der Waals surface area (Å²) in [6, 6.07) is 14.2. The molecule has 2 amide bonds. The largest absolute Gasteiger partial charge is 0.487 e. The van der Waals surface area contributed by atoms with Gasteiger partial charge in [-0.05, 0) is 61.4 Å². The van der Waals surface area contributed by atoms with Crippen molar-refractivity contribution >= 4 is 28.8 Å². The van der Waals surface area contributed by atoms with E-state index in [0.717, 1.165) is 18.5 Å². The van der Waals surface area contributed by atoms with Crippen LogP contribution in [0.25, 0.3) is 0 Å². The highest BCUT2D eigenvalue weighted by Crippen LogP contribution is 2.19. The fraction of sp³-hybridized carbons (Fsp3) is 0.292.